The zero-order chi connectivity index (χ0) is 19.1. The van der Waals surface area contributed by atoms with Gasteiger partial charge in [0, 0.05) is 11.8 Å². The lowest BCUT2D eigenvalue weighted by atomic mass is 9.99. The Balaban J connectivity index is 2.44. The second kappa shape index (κ2) is 8.77. The van der Waals surface area contributed by atoms with Crippen LogP contribution >= 0.6 is 0 Å². The molecule has 6 nitrogen and oxygen atoms in total. The van der Waals surface area contributed by atoms with Crippen LogP contribution in [0.1, 0.15) is 36.6 Å². The molecule has 0 radical (unpaired) electrons. The molecular weight excluding hydrogens is 332 g/mol. The third kappa shape index (κ3) is 4.45. The standard InChI is InChI=1S/C20H22N2O4/c1-4-25-18-11-16(23)10-17(13(18)3)19(20(24)26-5-2)22-15-8-6-14(12-21)7-9-15/h6-11,19,22-23H,4-5H2,1-3H3. The van der Waals surface area contributed by atoms with Crippen LogP contribution in [0.3, 0.4) is 0 Å². The van der Waals surface area contributed by atoms with Crippen molar-refractivity contribution in [3.05, 3.63) is 53.1 Å². The van der Waals surface area contributed by atoms with Crippen LogP contribution in [0.2, 0.25) is 0 Å². The lowest BCUT2D eigenvalue weighted by molar-refractivity contribution is -0.144. The van der Waals surface area contributed by atoms with Crippen LogP contribution in [0.5, 0.6) is 11.5 Å². The van der Waals surface area contributed by atoms with Crippen LogP contribution in [0.25, 0.3) is 0 Å². The number of nitrogens with one attached hydrogen (secondary N) is 1. The normalized spacial score (nSPS) is 11.3. The first-order valence-electron chi connectivity index (χ1n) is 8.39. The third-order valence-electron chi connectivity index (χ3n) is 3.84. The van der Waals surface area contributed by atoms with Gasteiger partial charge in [0.25, 0.3) is 0 Å². The highest BCUT2D eigenvalue weighted by atomic mass is 16.5. The van der Waals surface area contributed by atoms with Gasteiger partial charge in [-0.2, -0.15) is 5.26 Å². The Morgan fingerprint density at radius 2 is 1.92 bits per heavy atom. The summed E-state index contributed by atoms with van der Waals surface area (Å²) < 4.78 is 10.7. The van der Waals surface area contributed by atoms with E-state index in [1.54, 1.807) is 31.2 Å². The summed E-state index contributed by atoms with van der Waals surface area (Å²) in [5.41, 5.74) is 2.48. The van der Waals surface area contributed by atoms with Gasteiger partial charge in [-0.3, -0.25) is 0 Å². The molecule has 0 aliphatic rings. The van der Waals surface area contributed by atoms with Gasteiger partial charge in [0.2, 0.25) is 0 Å². The Kier molecular flexibility index (Phi) is 6.45. The molecule has 2 N–H and O–H groups in total. The molecule has 0 fully saturated rings. The molecule has 0 amide bonds. The molecule has 0 bridgehead atoms. The number of phenols is 1. The van der Waals surface area contributed by atoms with Crippen LogP contribution in [0, 0.1) is 18.3 Å². The minimum Gasteiger partial charge on any atom is -0.508 e. The number of benzene rings is 2. The average Bonchev–Trinajstić information content (AvgIpc) is 2.63. The van der Waals surface area contributed by atoms with E-state index in [0.717, 1.165) is 5.56 Å². The smallest absolute Gasteiger partial charge is 0.333 e. The van der Waals surface area contributed by atoms with E-state index >= 15 is 0 Å². The SMILES string of the molecule is CCOC(=O)C(Nc1ccc(C#N)cc1)c1cc(O)cc(OCC)c1C. The summed E-state index contributed by atoms with van der Waals surface area (Å²) in [7, 11) is 0. The number of hydrogen-bond acceptors (Lipinski definition) is 6. The Hall–Kier alpha value is -3.20. The topological polar surface area (TPSA) is 91.6 Å². The number of ether oxygens (including phenoxy) is 2. The van der Waals surface area contributed by atoms with Gasteiger partial charge in [-0.15, -0.1) is 0 Å². The number of rotatable bonds is 7. The molecule has 0 saturated carbocycles. The van der Waals surface area contributed by atoms with Crippen LogP contribution in [0.4, 0.5) is 5.69 Å². The summed E-state index contributed by atoms with van der Waals surface area (Å²) in [4.78, 5) is 12.5. The number of hydrogen-bond donors (Lipinski definition) is 2. The predicted molar refractivity (Wildman–Crippen MR) is 98.2 cm³/mol. The average molecular weight is 354 g/mol. The maximum Gasteiger partial charge on any atom is 0.333 e. The molecule has 1 atom stereocenters. The summed E-state index contributed by atoms with van der Waals surface area (Å²) in [5.74, 6) is 0.0522. The van der Waals surface area contributed by atoms with Crippen LogP contribution in [0.15, 0.2) is 36.4 Å². The summed E-state index contributed by atoms with van der Waals surface area (Å²) in [6.07, 6.45) is 0. The molecule has 2 aromatic carbocycles. The molecule has 0 aliphatic carbocycles. The van der Waals surface area contributed by atoms with Crippen molar-refractivity contribution in [1.82, 2.24) is 0 Å². The first-order chi connectivity index (χ1) is 12.5. The largest absolute Gasteiger partial charge is 0.508 e. The van der Waals surface area contributed by atoms with Gasteiger partial charge in [-0.1, -0.05) is 0 Å². The van der Waals surface area contributed by atoms with Crippen LogP contribution in [-0.4, -0.2) is 24.3 Å². The maximum atomic E-state index is 12.5. The number of esters is 1. The fourth-order valence-corrected chi connectivity index (χ4v) is 2.60. The van der Waals surface area contributed by atoms with Gasteiger partial charge in [0.1, 0.15) is 11.5 Å². The molecule has 2 rings (SSSR count). The van der Waals surface area contributed by atoms with Crippen molar-refractivity contribution < 1.29 is 19.4 Å². The van der Waals surface area contributed by atoms with Crippen LogP contribution < -0.4 is 10.1 Å². The van der Waals surface area contributed by atoms with E-state index in [1.807, 2.05) is 13.8 Å². The number of phenolic OH excluding ortho intramolecular Hbond substituents is 1. The summed E-state index contributed by atoms with van der Waals surface area (Å²) in [6.45, 7) is 6.09. The number of carbonyl (C=O) groups is 1. The third-order valence-corrected chi connectivity index (χ3v) is 3.84. The van der Waals surface area contributed by atoms with Gasteiger partial charge in [0.05, 0.1) is 24.8 Å². The Morgan fingerprint density at radius 1 is 1.23 bits per heavy atom. The summed E-state index contributed by atoms with van der Waals surface area (Å²) >= 11 is 0. The number of nitriles is 1. The molecule has 0 aliphatic heterocycles. The van der Waals surface area contributed by atoms with Gasteiger partial charge >= 0.3 is 5.97 Å². The van der Waals surface area contributed by atoms with Gasteiger partial charge in [-0.25, -0.2) is 4.79 Å². The van der Waals surface area contributed by atoms with E-state index in [2.05, 4.69) is 11.4 Å². The highest BCUT2D eigenvalue weighted by Crippen LogP contribution is 2.33. The van der Waals surface area contributed by atoms with Crippen molar-refractivity contribution in [3.8, 4) is 17.6 Å². The molecule has 6 heteroatoms. The molecule has 0 spiro atoms. The number of carbonyl (C=O) groups excluding carboxylic acids is 1. The highest BCUT2D eigenvalue weighted by Gasteiger charge is 2.26. The van der Waals surface area contributed by atoms with Crippen molar-refractivity contribution in [2.75, 3.05) is 18.5 Å². The molecule has 1 unspecified atom stereocenters. The lowest BCUT2D eigenvalue weighted by Gasteiger charge is -2.22. The predicted octanol–water partition coefficient (Wildman–Crippen LogP) is 3.69. The van der Waals surface area contributed by atoms with E-state index in [0.29, 0.717) is 29.2 Å². The van der Waals surface area contributed by atoms with Gasteiger partial charge in [0.15, 0.2) is 6.04 Å². The first kappa shape index (κ1) is 19.1. The quantitative estimate of drug-likeness (QED) is 0.737. The fraction of sp³-hybridized carbons (Fsp3) is 0.300. The molecule has 0 heterocycles. The van der Waals surface area contributed by atoms with E-state index in [1.165, 1.54) is 12.1 Å². The molecule has 0 saturated heterocycles. The van der Waals surface area contributed by atoms with Crippen molar-refractivity contribution in [1.29, 1.82) is 5.26 Å². The second-order valence-corrected chi connectivity index (χ2v) is 5.61. The number of nitrogens with zero attached hydrogens (tertiary/aromatic N) is 1. The molecule has 0 aromatic heterocycles. The van der Waals surface area contributed by atoms with Crippen molar-refractivity contribution in [3.63, 3.8) is 0 Å². The van der Waals surface area contributed by atoms with Crippen LogP contribution in [-0.2, 0) is 9.53 Å². The van der Waals surface area contributed by atoms with E-state index in [9.17, 15) is 9.90 Å². The highest BCUT2D eigenvalue weighted by molar-refractivity contribution is 5.82. The van der Waals surface area contributed by atoms with Crippen molar-refractivity contribution in [2.45, 2.75) is 26.8 Å². The summed E-state index contributed by atoms with van der Waals surface area (Å²) in [6, 6.07) is 11.0. The Bertz CT molecular complexity index is 810. The fourth-order valence-electron chi connectivity index (χ4n) is 2.60. The van der Waals surface area contributed by atoms with Gasteiger partial charge < -0.3 is 19.9 Å². The lowest BCUT2D eigenvalue weighted by Crippen LogP contribution is -2.24. The zero-order valence-corrected chi connectivity index (χ0v) is 15.1. The number of aromatic hydroxyl groups is 1. The zero-order valence-electron chi connectivity index (χ0n) is 15.1. The molecular formula is C20H22N2O4. The van der Waals surface area contributed by atoms with Crippen molar-refractivity contribution >= 4 is 11.7 Å². The Labute approximate surface area is 153 Å². The first-order valence-corrected chi connectivity index (χ1v) is 8.39. The monoisotopic (exact) mass is 354 g/mol. The van der Waals surface area contributed by atoms with E-state index in [-0.39, 0.29) is 12.4 Å². The molecule has 136 valence electrons. The summed E-state index contributed by atoms with van der Waals surface area (Å²) in [5, 5.41) is 22.1. The minimum absolute atomic E-state index is 0.00461. The number of anilines is 1. The molecule has 26 heavy (non-hydrogen) atoms. The molecule has 2 aromatic rings. The van der Waals surface area contributed by atoms with Crippen molar-refractivity contribution in [2.24, 2.45) is 0 Å². The Morgan fingerprint density at radius 3 is 2.50 bits per heavy atom. The maximum absolute atomic E-state index is 12.5. The van der Waals surface area contributed by atoms with E-state index in [4.69, 9.17) is 14.7 Å². The van der Waals surface area contributed by atoms with Gasteiger partial charge in [-0.05, 0) is 62.2 Å². The minimum atomic E-state index is -0.825. The van der Waals surface area contributed by atoms with E-state index < -0.39 is 12.0 Å². The second-order valence-electron chi connectivity index (χ2n) is 5.61.